The second-order valence-electron chi connectivity index (χ2n) is 5.54. The number of halogens is 1. The van der Waals surface area contributed by atoms with Crippen LogP contribution in [-0.4, -0.2) is 41.0 Å². The SMILES string of the molecule is O=C(O)CCCNC(=O)C1CCCN1Cc1ccc(F)cc1. The molecule has 1 saturated heterocycles. The summed E-state index contributed by atoms with van der Waals surface area (Å²) in [7, 11) is 0. The Hall–Kier alpha value is -1.95. The van der Waals surface area contributed by atoms with Gasteiger partial charge in [0.1, 0.15) is 5.82 Å². The number of hydrogen-bond acceptors (Lipinski definition) is 3. The van der Waals surface area contributed by atoms with Crippen LogP contribution in [0.5, 0.6) is 0 Å². The Morgan fingerprint density at radius 1 is 1.32 bits per heavy atom. The molecule has 120 valence electrons. The van der Waals surface area contributed by atoms with Crippen molar-refractivity contribution in [1.82, 2.24) is 10.2 Å². The first-order chi connectivity index (χ1) is 10.6. The van der Waals surface area contributed by atoms with Crippen LogP contribution in [0.15, 0.2) is 24.3 Å². The summed E-state index contributed by atoms with van der Waals surface area (Å²) < 4.78 is 12.9. The molecule has 1 amide bonds. The number of rotatable bonds is 7. The van der Waals surface area contributed by atoms with Crippen molar-refractivity contribution < 1.29 is 19.1 Å². The highest BCUT2D eigenvalue weighted by atomic mass is 19.1. The van der Waals surface area contributed by atoms with Crippen LogP contribution < -0.4 is 5.32 Å². The van der Waals surface area contributed by atoms with E-state index in [1.54, 1.807) is 12.1 Å². The van der Waals surface area contributed by atoms with Crippen molar-refractivity contribution in [3.05, 3.63) is 35.6 Å². The Morgan fingerprint density at radius 2 is 2.05 bits per heavy atom. The standard InChI is InChI=1S/C16H21FN2O3/c17-13-7-5-12(6-8-13)11-19-10-2-3-14(19)16(22)18-9-1-4-15(20)21/h5-8,14H,1-4,9-11H2,(H,18,22)(H,20,21). The first-order valence-corrected chi connectivity index (χ1v) is 7.54. The Labute approximate surface area is 129 Å². The molecule has 0 radical (unpaired) electrons. The maximum atomic E-state index is 12.9. The Balaban J connectivity index is 1.83. The number of carbonyl (C=O) groups is 2. The number of nitrogens with one attached hydrogen (secondary N) is 1. The largest absolute Gasteiger partial charge is 0.481 e. The second kappa shape index (κ2) is 7.89. The van der Waals surface area contributed by atoms with Gasteiger partial charge in [-0.3, -0.25) is 14.5 Å². The number of nitrogens with zero attached hydrogens (tertiary/aromatic N) is 1. The van der Waals surface area contributed by atoms with E-state index in [0.717, 1.165) is 24.9 Å². The smallest absolute Gasteiger partial charge is 0.303 e. The fraction of sp³-hybridized carbons (Fsp3) is 0.500. The van der Waals surface area contributed by atoms with Crippen molar-refractivity contribution in [3.8, 4) is 0 Å². The molecule has 6 heteroatoms. The van der Waals surface area contributed by atoms with Gasteiger partial charge < -0.3 is 10.4 Å². The number of hydrogen-bond donors (Lipinski definition) is 2. The zero-order chi connectivity index (χ0) is 15.9. The summed E-state index contributed by atoms with van der Waals surface area (Å²) in [5.41, 5.74) is 0.979. The number of carbonyl (C=O) groups excluding carboxylic acids is 1. The summed E-state index contributed by atoms with van der Waals surface area (Å²) in [5, 5.41) is 11.4. The van der Waals surface area contributed by atoms with Gasteiger partial charge in [-0.15, -0.1) is 0 Å². The van der Waals surface area contributed by atoms with Crippen molar-refractivity contribution in [2.45, 2.75) is 38.3 Å². The monoisotopic (exact) mass is 308 g/mol. The molecule has 1 aromatic carbocycles. The average molecular weight is 308 g/mol. The minimum atomic E-state index is -0.854. The lowest BCUT2D eigenvalue weighted by atomic mass is 10.1. The van der Waals surface area contributed by atoms with E-state index in [9.17, 15) is 14.0 Å². The second-order valence-corrected chi connectivity index (χ2v) is 5.54. The fourth-order valence-electron chi connectivity index (χ4n) is 2.71. The van der Waals surface area contributed by atoms with Crippen LogP contribution in [0.3, 0.4) is 0 Å². The summed E-state index contributed by atoms with van der Waals surface area (Å²) >= 11 is 0. The third-order valence-electron chi connectivity index (χ3n) is 3.83. The van der Waals surface area contributed by atoms with E-state index in [1.807, 2.05) is 0 Å². The van der Waals surface area contributed by atoms with Gasteiger partial charge in [-0.25, -0.2) is 4.39 Å². The van der Waals surface area contributed by atoms with E-state index >= 15 is 0 Å². The fourth-order valence-corrected chi connectivity index (χ4v) is 2.71. The van der Waals surface area contributed by atoms with Crippen LogP contribution in [-0.2, 0) is 16.1 Å². The highest BCUT2D eigenvalue weighted by molar-refractivity contribution is 5.82. The molecule has 2 rings (SSSR count). The van der Waals surface area contributed by atoms with Gasteiger partial charge in [-0.1, -0.05) is 12.1 Å². The molecule has 0 bridgehead atoms. The van der Waals surface area contributed by atoms with Gasteiger partial charge in [0.25, 0.3) is 0 Å². The van der Waals surface area contributed by atoms with Crippen LogP contribution in [0.1, 0.15) is 31.2 Å². The van der Waals surface area contributed by atoms with Gasteiger partial charge in [-0.2, -0.15) is 0 Å². The average Bonchev–Trinajstić information content (AvgIpc) is 2.94. The number of benzene rings is 1. The van der Waals surface area contributed by atoms with Gasteiger partial charge in [0, 0.05) is 19.5 Å². The topological polar surface area (TPSA) is 69.6 Å². The first-order valence-electron chi connectivity index (χ1n) is 7.54. The maximum absolute atomic E-state index is 12.9. The molecular weight excluding hydrogens is 287 g/mol. The van der Waals surface area contributed by atoms with Crippen molar-refractivity contribution in [2.24, 2.45) is 0 Å². The van der Waals surface area contributed by atoms with E-state index in [1.165, 1.54) is 12.1 Å². The first kappa shape index (κ1) is 16.4. The molecule has 1 heterocycles. The third kappa shape index (κ3) is 4.80. The predicted octanol–water partition coefficient (Wildman–Crippen LogP) is 1.77. The molecule has 2 N–H and O–H groups in total. The molecule has 0 aliphatic carbocycles. The predicted molar refractivity (Wildman–Crippen MR) is 79.7 cm³/mol. The highest BCUT2D eigenvalue weighted by Crippen LogP contribution is 2.20. The molecule has 1 aromatic rings. The zero-order valence-corrected chi connectivity index (χ0v) is 12.4. The van der Waals surface area contributed by atoms with Gasteiger partial charge in [-0.05, 0) is 43.5 Å². The number of amides is 1. The number of carboxylic acid groups (broad SMARTS) is 1. The van der Waals surface area contributed by atoms with Gasteiger partial charge >= 0.3 is 5.97 Å². The van der Waals surface area contributed by atoms with Crippen LogP contribution in [0.2, 0.25) is 0 Å². The molecule has 1 fully saturated rings. The molecule has 1 aliphatic rings. The van der Waals surface area contributed by atoms with Gasteiger partial charge in [0.15, 0.2) is 0 Å². The molecule has 22 heavy (non-hydrogen) atoms. The minimum Gasteiger partial charge on any atom is -0.481 e. The molecule has 0 spiro atoms. The molecule has 1 aliphatic heterocycles. The highest BCUT2D eigenvalue weighted by Gasteiger charge is 2.30. The van der Waals surface area contributed by atoms with Crippen LogP contribution in [0.25, 0.3) is 0 Å². The molecule has 1 unspecified atom stereocenters. The van der Waals surface area contributed by atoms with Gasteiger partial charge in [0.05, 0.1) is 6.04 Å². The molecule has 0 saturated carbocycles. The lowest BCUT2D eigenvalue weighted by molar-refractivity contribution is -0.137. The minimum absolute atomic E-state index is 0.0509. The Kier molecular flexibility index (Phi) is 5.89. The van der Waals surface area contributed by atoms with Crippen molar-refractivity contribution in [2.75, 3.05) is 13.1 Å². The lowest BCUT2D eigenvalue weighted by Crippen LogP contribution is -2.43. The molecular formula is C16H21FN2O3. The van der Waals surface area contributed by atoms with Crippen molar-refractivity contribution >= 4 is 11.9 Å². The summed E-state index contributed by atoms with van der Waals surface area (Å²) in [6, 6.07) is 6.12. The van der Waals surface area contributed by atoms with E-state index in [-0.39, 0.29) is 24.2 Å². The Morgan fingerprint density at radius 3 is 2.73 bits per heavy atom. The van der Waals surface area contributed by atoms with E-state index < -0.39 is 5.97 Å². The molecule has 1 atom stereocenters. The van der Waals surface area contributed by atoms with E-state index in [4.69, 9.17) is 5.11 Å². The van der Waals surface area contributed by atoms with Crippen molar-refractivity contribution in [1.29, 1.82) is 0 Å². The number of carboxylic acids is 1. The summed E-state index contributed by atoms with van der Waals surface area (Å²) in [4.78, 5) is 24.7. The van der Waals surface area contributed by atoms with Crippen molar-refractivity contribution in [3.63, 3.8) is 0 Å². The maximum Gasteiger partial charge on any atom is 0.303 e. The number of likely N-dealkylation sites (tertiary alicyclic amines) is 1. The third-order valence-corrected chi connectivity index (χ3v) is 3.83. The van der Waals surface area contributed by atoms with Crippen LogP contribution in [0.4, 0.5) is 4.39 Å². The quantitative estimate of drug-likeness (QED) is 0.753. The number of aliphatic carboxylic acids is 1. The summed E-state index contributed by atoms with van der Waals surface area (Å²) in [6.45, 7) is 1.84. The lowest BCUT2D eigenvalue weighted by Gasteiger charge is -2.23. The van der Waals surface area contributed by atoms with Crippen LogP contribution >= 0.6 is 0 Å². The normalized spacial score (nSPS) is 18.3. The Bertz CT molecular complexity index is 519. The summed E-state index contributed by atoms with van der Waals surface area (Å²) in [6.07, 6.45) is 2.25. The van der Waals surface area contributed by atoms with Gasteiger partial charge in [0.2, 0.25) is 5.91 Å². The molecule has 5 nitrogen and oxygen atoms in total. The van der Waals surface area contributed by atoms with E-state index in [0.29, 0.717) is 19.5 Å². The molecule has 0 aromatic heterocycles. The van der Waals surface area contributed by atoms with Crippen LogP contribution in [0, 0.1) is 5.82 Å². The van der Waals surface area contributed by atoms with E-state index in [2.05, 4.69) is 10.2 Å². The summed E-state index contributed by atoms with van der Waals surface area (Å²) in [5.74, 6) is -1.17. The zero-order valence-electron chi connectivity index (χ0n) is 12.4.